The molecule has 1 aliphatic heterocycles. The molecule has 3 aromatic rings. The molecular formula is C19H21N5S. The number of rotatable bonds is 4. The van der Waals surface area contributed by atoms with Crippen LogP contribution in [0.5, 0.6) is 0 Å². The molecule has 5 nitrogen and oxygen atoms in total. The Morgan fingerprint density at radius 2 is 1.84 bits per heavy atom. The molecule has 0 bridgehead atoms. The molecule has 0 aliphatic carbocycles. The van der Waals surface area contributed by atoms with Crippen molar-refractivity contribution < 1.29 is 0 Å². The summed E-state index contributed by atoms with van der Waals surface area (Å²) in [6.07, 6.45) is 1.65. The van der Waals surface area contributed by atoms with Crippen molar-refractivity contribution in [3.63, 3.8) is 0 Å². The average Bonchev–Trinajstić information content (AvgIpc) is 3.12. The van der Waals surface area contributed by atoms with Gasteiger partial charge >= 0.3 is 0 Å². The van der Waals surface area contributed by atoms with E-state index in [9.17, 15) is 0 Å². The third kappa shape index (κ3) is 3.86. The molecule has 0 amide bonds. The quantitative estimate of drug-likeness (QED) is 0.722. The topological polar surface area (TPSA) is 45.2 Å². The van der Waals surface area contributed by atoms with Crippen LogP contribution in [0.2, 0.25) is 0 Å². The van der Waals surface area contributed by atoms with Crippen LogP contribution in [0.3, 0.4) is 0 Å². The lowest BCUT2D eigenvalue weighted by atomic mass is 10.2. The number of aromatic nitrogens is 3. The van der Waals surface area contributed by atoms with E-state index in [0.717, 1.165) is 49.9 Å². The van der Waals surface area contributed by atoms with E-state index < -0.39 is 0 Å². The van der Waals surface area contributed by atoms with Crippen LogP contribution in [0, 0.1) is 6.92 Å². The highest BCUT2D eigenvalue weighted by molar-refractivity contribution is 7.09. The van der Waals surface area contributed by atoms with Gasteiger partial charge in [-0.25, -0.2) is 15.0 Å². The summed E-state index contributed by atoms with van der Waals surface area (Å²) in [5, 5.41) is 3.34. The van der Waals surface area contributed by atoms with Gasteiger partial charge < -0.3 is 4.90 Å². The number of piperazine rings is 1. The van der Waals surface area contributed by atoms with Crippen LogP contribution in [0.4, 0.5) is 5.82 Å². The largest absolute Gasteiger partial charge is 0.354 e. The molecule has 2 aromatic heterocycles. The van der Waals surface area contributed by atoms with Crippen LogP contribution in [0.15, 0.2) is 48.1 Å². The average molecular weight is 351 g/mol. The molecular weight excluding hydrogens is 330 g/mol. The lowest BCUT2D eigenvalue weighted by molar-refractivity contribution is 0.249. The second kappa shape index (κ2) is 7.29. The monoisotopic (exact) mass is 351 g/mol. The van der Waals surface area contributed by atoms with Gasteiger partial charge in [0.1, 0.15) is 17.2 Å². The van der Waals surface area contributed by atoms with Crippen molar-refractivity contribution in [1.82, 2.24) is 19.9 Å². The van der Waals surface area contributed by atoms with E-state index in [1.807, 2.05) is 13.0 Å². The van der Waals surface area contributed by atoms with E-state index >= 15 is 0 Å². The second-order valence-electron chi connectivity index (χ2n) is 6.27. The third-order valence-electron chi connectivity index (χ3n) is 4.47. The number of hydrogen-bond donors (Lipinski definition) is 0. The van der Waals surface area contributed by atoms with Crippen molar-refractivity contribution in [3.05, 3.63) is 58.8 Å². The summed E-state index contributed by atoms with van der Waals surface area (Å²) in [7, 11) is 0. The normalized spacial score (nSPS) is 15.5. The van der Waals surface area contributed by atoms with Crippen molar-refractivity contribution in [2.75, 3.05) is 31.1 Å². The predicted molar refractivity (Wildman–Crippen MR) is 102 cm³/mol. The van der Waals surface area contributed by atoms with Crippen molar-refractivity contribution in [3.8, 4) is 11.3 Å². The molecule has 25 heavy (non-hydrogen) atoms. The van der Waals surface area contributed by atoms with Crippen LogP contribution < -0.4 is 4.90 Å². The first-order valence-corrected chi connectivity index (χ1v) is 9.42. The van der Waals surface area contributed by atoms with Crippen molar-refractivity contribution >= 4 is 17.2 Å². The highest BCUT2D eigenvalue weighted by Crippen LogP contribution is 2.23. The van der Waals surface area contributed by atoms with E-state index in [0.29, 0.717) is 0 Å². The highest BCUT2D eigenvalue weighted by atomic mass is 32.1. The van der Waals surface area contributed by atoms with Gasteiger partial charge in [-0.3, -0.25) is 4.90 Å². The molecule has 3 heterocycles. The number of thiazole rings is 1. The lowest BCUT2D eigenvalue weighted by Crippen LogP contribution is -2.46. The Hall–Kier alpha value is -2.31. The van der Waals surface area contributed by atoms with Crippen molar-refractivity contribution in [1.29, 1.82) is 0 Å². The van der Waals surface area contributed by atoms with Gasteiger partial charge in [0.05, 0.1) is 12.2 Å². The van der Waals surface area contributed by atoms with Crippen LogP contribution in [-0.4, -0.2) is 46.0 Å². The molecule has 0 N–H and O–H groups in total. The van der Waals surface area contributed by atoms with Gasteiger partial charge in [0, 0.05) is 48.9 Å². The van der Waals surface area contributed by atoms with Crippen LogP contribution >= 0.6 is 11.3 Å². The van der Waals surface area contributed by atoms with Gasteiger partial charge in [0.25, 0.3) is 0 Å². The minimum Gasteiger partial charge on any atom is -0.354 e. The zero-order valence-corrected chi connectivity index (χ0v) is 15.1. The zero-order chi connectivity index (χ0) is 17.1. The first-order valence-electron chi connectivity index (χ1n) is 8.54. The number of benzene rings is 1. The predicted octanol–water partition coefficient (Wildman–Crippen LogP) is 3.23. The summed E-state index contributed by atoms with van der Waals surface area (Å²) in [5.41, 5.74) is 3.29. The van der Waals surface area contributed by atoms with Crippen LogP contribution in [0.25, 0.3) is 11.3 Å². The lowest BCUT2D eigenvalue weighted by Gasteiger charge is -2.34. The maximum Gasteiger partial charge on any atom is 0.132 e. The first kappa shape index (κ1) is 16.2. The minimum atomic E-state index is 0.925. The molecule has 6 heteroatoms. The van der Waals surface area contributed by atoms with Crippen LogP contribution in [0.1, 0.15) is 10.7 Å². The maximum absolute atomic E-state index is 4.81. The SMILES string of the molecule is Cc1cc(N2CCN(Cc3nc(-c4ccccc4)cs3)CC2)ncn1. The summed E-state index contributed by atoms with van der Waals surface area (Å²) in [6, 6.07) is 12.4. The third-order valence-corrected chi connectivity index (χ3v) is 5.30. The molecule has 0 unspecified atom stereocenters. The standard InChI is InChI=1S/C19H21N5S/c1-15-11-18(21-14-20-15)24-9-7-23(8-10-24)12-19-22-17(13-25-19)16-5-3-2-4-6-16/h2-6,11,13-14H,7-10,12H2,1H3. The Morgan fingerprint density at radius 3 is 2.60 bits per heavy atom. The Bertz CT molecular complexity index is 825. The molecule has 0 saturated carbocycles. The van der Waals surface area contributed by atoms with Gasteiger partial charge in [0.15, 0.2) is 0 Å². The zero-order valence-electron chi connectivity index (χ0n) is 14.3. The molecule has 1 aromatic carbocycles. The molecule has 4 rings (SSSR count). The fourth-order valence-electron chi connectivity index (χ4n) is 3.06. The van der Waals surface area contributed by atoms with Gasteiger partial charge in [-0.2, -0.15) is 0 Å². The fraction of sp³-hybridized carbons (Fsp3) is 0.316. The number of hydrogen-bond acceptors (Lipinski definition) is 6. The smallest absolute Gasteiger partial charge is 0.132 e. The van der Waals surface area contributed by atoms with Crippen molar-refractivity contribution in [2.45, 2.75) is 13.5 Å². The minimum absolute atomic E-state index is 0.925. The number of aryl methyl sites for hydroxylation is 1. The van der Waals surface area contributed by atoms with Gasteiger partial charge in [-0.15, -0.1) is 11.3 Å². The fourth-order valence-corrected chi connectivity index (χ4v) is 3.91. The van der Waals surface area contributed by atoms with E-state index in [1.54, 1.807) is 17.7 Å². The summed E-state index contributed by atoms with van der Waals surface area (Å²) in [5.74, 6) is 1.03. The Kier molecular flexibility index (Phi) is 4.72. The molecule has 0 atom stereocenters. The molecule has 1 saturated heterocycles. The Labute approximate surface area is 152 Å². The molecule has 1 aliphatic rings. The highest BCUT2D eigenvalue weighted by Gasteiger charge is 2.19. The summed E-state index contributed by atoms with van der Waals surface area (Å²) >= 11 is 1.75. The van der Waals surface area contributed by atoms with Crippen LogP contribution in [-0.2, 0) is 6.54 Å². The molecule has 128 valence electrons. The van der Waals surface area contributed by atoms with E-state index in [1.165, 1.54) is 10.6 Å². The molecule has 0 spiro atoms. The Balaban J connectivity index is 1.35. The van der Waals surface area contributed by atoms with E-state index in [2.05, 4.69) is 55.5 Å². The number of nitrogens with zero attached hydrogens (tertiary/aromatic N) is 5. The Morgan fingerprint density at radius 1 is 1.04 bits per heavy atom. The summed E-state index contributed by atoms with van der Waals surface area (Å²) < 4.78 is 0. The molecule has 0 radical (unpaired) electrons. The summed E-state index contributed by atoms with van der Waals surface area (Å²) in [4.78, 5) is 18.2. The van der Waals surface area contributed by atoms with Crippen molar-refractivity contribution in [2.24, 2.45) is 0 Å². The first-order chi connectivity index (χ1) is 12.3. The van der Waals surface area contributed by atoms with Gasteiger partial charge in [-0.1, -0.05) is 30.3 Å². The molecule has 1 fully saturated rings. The number of anilines is 1. The van der Waals surface area contributed by atoms with Gasteiger partial charge in [0.2, 0.25) is 0 Å². The maximum atomic E-state index is 4.81. The van der Waals surface area contributed by atoms with Gasteiger partial charge in [-0.05, 0) is 6.92 Å². The van der Waals surface area contributed by atoms with E-state index in [4.69, 9.17) is 4.98 Å². The summed E-state index contributed by atoms with van der Waals surface area (Å²) in [6.45, 7) is 6.98. The van der Waals surface area contributed by atoms with E-state index in [-0.39, 0.29) is 0 Å². The second-order valence-corrected chi connectivity index (χ2v) is 7.22.